The van der Waals surface area contributed by atoms with Crippen molar-refractivity contribution in [2.45, 2.75) is 0 Å². The number of hydrogen-bond acceptors (Lipinski definition) is 1. The number of ketones is 1. The van der Waals surface area contributed by atoms with Crippen LogP contribution in [0.3, 0.4) is 0 Å². The van der Waals surface area contributed by atoms with Gasteiger partial charge in [0.2, 0.25) is 0 Å². The molecule has 0 saturated carbocycles. The zero-order valence-corrected chi connectivity index (χ0v) is 8.62. The molecule has 0 bridgehead atoms. The van der Waals surface area contributed by atoms with Crippen molar-refractivity contribution in [1.29, 1.82) is 0 Å². The largest absolute Gasteiger partial charge is 0.291 e. The minimum atomic E-state index is -1.24. The van der Waals surface area contributed by atoms with Crippen LogP contribution in [0.2, 0.25) is 5.02 Å². The molecule has 5 heteroatoms. The van der Waals surface area contributed by atoms with Gasteiger partial charge in [0.1, 0.15) is 0 Å². The van der Waals surface area contributed by atoms with Gasteiger partial charge in [-0.05, 0) is 28.1 Å². The fraction of sp³-hybridized carbons (Fsp3) is 0.125. The summed E-state index contributed by atoms with van der Waals surface area (Å²) in [5.41, 5.74) is -0.338. The van der Waals surface area contributed by atoms with E-state index in [2.05, 4.69) is 15.9 Å². The quantitative estimate of drug-likeness (QED) is 0.594. The highest BCUT2D eigenvalue weighted by Gasteiger charge is 2.17. The summed E-state index contributed by atoms with van der Waals surface area (Å²) >= 11 is 8.35. The van der Waals surface area contributed by atoms with Crippen LogP contribution in [0.5, 0.6) is 0 Å². The number of benzene rings is 1. The number of rotatable bonds is 2. The van der Waals surface area contributed by atoms with E-state index in [1.165, 1.54) is 12.1 Å². The second-order valence-electron chi connectivity index (χ2n) is 2.27. The predicted molar refractivity (Wildman–Crippen MR) is 49.4 cm³/mol. The molecule has 0 heterocycles. The first-order valence-corrected chi connectivity index (χ1v) is 4.47. The molecule has 1 aromatic carbocycles. The molecule has 1 nitrogen and oxygen atoms in total. The maximum absolute atomic E-state index is 13.2. The molecule has 0 atom stereocenters. The van der Waals surface area contributed by atoms with Crippen molar-refractivity contribution in [3.8, 4) is 0 Å². The molecular weight excluding hydrogens is 265 g/mol. The van der Waals surface area contributed by atoms with E-state index in [0.29, 0.717) is 0 Å². The zero-order valence-electron chi connectivity index (χ0n) is 6.28. The number of carbonyl (C=O) groups is 1. The van der Waals surface area contributed by atoms with Gasteiger partial charge in [0.15, 0.2) is 18.3 Å². The van der Waals surface area contributed by atoms with Crippen molar-refractivity contribution in [2.24, 2.45) is 0 Å². The highest BCUT2D eigenvalue weighted by Crippen LogP contribution is 2.26. The molecule has 1 rings (SSSR count). The van der Waals surface area contributed by atoms with Gasteiger partial charge in [-0.2, -0.15) is 0 Å². The number of hydrogen-bond donors (Lipinski definition) is 0. The molecule has 70 valence electrons. The molecule has 1 aromatic rings. The maximum atomic E-state index is 13.2. The predicted octanol–water partition coefficient (Wildman–Crippen LogP) is 3.39. The normalized spacial score (nSPS) is 10.2. The Labute approximate surface area is 86.8 Å². The van der Waals surface area contributed by atoms with E-state index >= 15 is 0 Å². The highest BCUT2D eigenvalue weighted by molar-refractivity contribution is 9.10. The Bertz CT molecular complexity index is 354. The Morgan fingerprint density at radius 2 is 2.15 bits per heavy atom. The van der Waals surface area contributed by atoms with Gasteiger partial charge in [-0.1, -0.05) is 11.6 Å². The molecule has 0 spiro atoms. The summed E-state index contributed by atoms with van der Waals surface area (Å²) in [4.78, 5) is 10.9. The number of halogens is 4. The minimum absolute atomic E-state index is 0.194. The first-order valence-electron chi connectivity index (χ1n) is 3.30. The van der Waals surface area contributed by atoms with Crippen LogP contribution in [0.1, 0.15) is 10.4 Å². The van der Waals surface area contributed by atoms with Gasteiger partial charge in [0.05, 0.1) is 10.6 Å². The van der Waals surface area contributed by atoms with Gasteiger partial charge in [0, 0.05) is 4.47 Å². The molecular formula is C8H4BrClF2O. The van der Waals surface area contributed by atoms with Crippen LogP contribution in [-0.4, -0.2) is 12.5 Å². The monoisotopic (exact) mass is 268 g/mol. The second-order valence-corrected chi connectivity index (χ2v) is 3.54. The van der Waals surface area contributed by atoms with E-state index in [1.807, 2.05) is 0 Å². The third-order valence-corrected chi connectivity index (χ3v) is 2.40. The lowest BCUT2D eigenvalue weighted by molar-refractivity contribution is 0.0954. The maximum Gasteiger partial charge on any atom is 0.197 e. The van der Waals surface area contributed by atoms with Crippen LogP contribution < -0.4 is 0 Å². The lowest BCUT2D eigenvalue weighted by atomic mass is 10.1. The molecule has 0 aromatic heterocycles. The molecule has 0 aliphatic heterocycles. The van der Waals surface area contributed by atoms with E-state index in [9.17, 15) is 13.6 Å². The molecule has 0 radical (unpaired) electrons. The minimum Gasteiger partial charge on any atom is -0.291 e. The molecule has 0 fully saturated rings. The topological polar surface area (TPSA) is 17.1 Å². The van der Waals surface area contributed by atoms with E-state index in [-0.39, 0.29) is 15.1 Å². The van der Waals surface area contributed by atoms with Gasteiger partial charge in [-0.25, -0.2) is 8.78 Å². The summed E-state index contributed by atoms with van der Waals surface area (Å²) in [5.74, 6) is -1.81. The highest BCUT2D eigenvalue weighted by atomic mass is 79.9. The summed E-state index contributed by atoms with van der Waals surface area (Å²) in [5, 5.41) is -0.194. The van der Waals surface area contributed by atoms with Crippen LogP contribution in [0.4, 0.5) is 8.78 Å². The Hall–Kier alpha value is -0.480. The number of Topliss-reactive ketones (excluding diaryl/α,β-unsaturated/α-hetero) is 1. The standard InChI is InChI=1S/C8H4BrClF2O/c9-4-1-2-5(10)8(12)7(4)6(13)3-11/h1-2H,3H2. The third kappa shape index (κ3) is 2.06. The van der Waals surface area contributed by atoms with Crippen molar-refractivity contribution in [2.75, 3.05) is 6.67 Å². The molecule has 0 N–H and O–H groups in total. The molecule has 0 saturated heterocycles. The van der Waals surface area contributed by atoms with E-state index in [4.69, 9.17) is 11.6 Å². The summed E-state index contributed by atoms with van der Waals surface area (Å²) < 4.78 is 25.3. The van der Waals surface area contributed by atoms with E-state index < -0.39 is 18.3 Å². The second kappa shape index (κ2) is 4.15. The summed E-state index contributed by atoms with van der Waals surface area (Å²) in [6.45, 7) is -1.24. The molecule has 0 unspecified atom stereocenters. The molecule has 0 amide bonds. The van der Waals surface area contributed by atoms with Crippen molar-refractivity contribution in [3.63, 3.8) is 0 Å². The lowest BCUT2D eigenvalue weighted by Gasteiger charge is -2.03. The average molecular weight is 269 g/mol. The summed E-state index contributed by atoms with van der Waals surface area (Å²) in [7, 11) is 0. The Morgan fingerprint density at radius 3 is 2.69 bits per heavy atom. The number of carbonyl (C=O) groups excluding carboxylic acids is 1. The number of alkyl halides is 1. The lowest BCUT2D eigenvalue weighted by Crippen LogP contribution is -2.05. The van der Waals surface area contributed by atoms with Crippen molar-refractivity contribution >= 4 is 33.3 Å². The van der Waals surface area contributed by atoms with Crippen LogP contribution in [0.25, 0.3) is 0 Å². The Kier molecular flexibility index (Phi) is 3.39. The molecule has 0 aliphatic carbocycles. The van der Waals surface area contributed by atoms with Gasteiger partial charge in [-0.15, -0.1) is 0 Å². The fourth-order valence-electron chi connectivity index (χ4n) is 0.849. The van der Waals surface area contributed by atoms with Crippen LogP contribution in [0.15, 0.2) is 16.6 Å². The van der Waals surface area contributed by atoms with E-state index in [0.717, 1.165) is 0 Å². The van der Waals surface area contributed by atoms with E-state index in [1.54, 1.807) is 0 Å². The summed E-state index contributed by atoms with van der Waals surface area (Å²) in [6.07, 6.45) is 0. The van der Waals surface area contributed by atoms with Gasteiger partial charge < -0.3 is 0 Å². The van der Waals surface area contributed by atoms with Crippen LogP contribution >= 0.6 is 27.5 Å². The third-order valence-electron chi connectivity index (χ3n) is 1.44. The molecule has 0 aliphatic rings. The first kappa shape index (κ1) is 10.6. The van der Waals surface area contributed by atoms with Gasteiger partial charge in [0.25, 0.3) is 0 Å². The van der Waals surface area contributed by atoms with Gasteiger partial charge >= 0.3 is 0 Å². The van der Waals surface area contributed by atoms with Gasteiger partial charge in [-0.3, -0.25) is 4.79 Å². The summed E-state index contributed by atoms with van der Waals surface area (Å²) in [6, 6.07) is 2.68. The smallest absolute Gasteiger partial charge is 0.197 e. The van der Waals surface area contributed by atoms with Crippen molar-refractivity contribution in [1.82, 2.24) is 0 Å². The SMILES string of the molecule is O=C(CF)c1c(Br)ccc(Cl)c1F. The van der Waals surface area contributed by atoms with Crippen LogP contribution in [0, 0.1) is 5.82 Å². The molecule has 13 heavy (non-hydrogen) atoms. The zero-order chi connectivity index (χ0) is 10.0. The van der Waals surface area contributed by atoms with Crippen LogP contribution in [-0.2, 0) is 0 Å². The van der Waals surface area contributed by atoms with Crippen molar-refractivity contribution < 1.29 is 13.6 Å². The Morgan fingerprint density at radius 1 is 1.54 bits per heavy atom. The van der Waals surface area contributed by atoms with Crippen molar-refractivity contribution in [3.05, 3.63) is 33.0 Å². The Balaban J connectivity index is 3.33. The fourth-order valence-corrected chi connectivity index (χ4v) is 1.53. The average Bonchev–Trinajstić information content (AvgIpc) is 2.12. The first-order chi connectivity index (χ1) is 6.07.